The van der Waals surface area contributed by atoms with Gasteiger partial charge in [0.05, 0.1) is 6.04 Å². The number of aliphatic hydroxyl groups excluding tert-OH is 1. The first-order valence-electron chi connectivity index (χ1n) is 15.7. The highest BCUT2D eigenvalue weighted by atomic mass is 35.5. The molecule has 1 fully saturated rings. The minimum absolute atomic E-state index is 0.145. The molecule has 2 aliphatic rings. The first-order chi connectivity index (χ1) is 21.8. The van der Waals surface area contributed by atoms with Crippen LogP contribution < -0.4 is 14.8 Å². The molecule has 1 aliphatic heterocycles. The van der Waals surface area contributed by atoms with Gasteiger partial charge in [-0.25, -0.2) is 13.1 Å². The summed E-state index contributed by atoms with van der Waals surface area (Å²) in [5.74, 6) is 0.0580. The number of anilines is 1. The molecule has 2 heterocycles. The third-order valence-electron chi connectivity index (χ3n) is 9.27. The minimum Gasteiger partial charge on any atom is -0.485 e. The van der Waals surface area contributed by atoms with Crippen LogP contribution in [-0.4, -0.2) is 49.1 Å². The number of halogens is 1. The monoisotopic (exact) mass is 681 g/mol. The Morgan fingerprint density at radius 3 is 2.59 bits per heavy atom. The van der Waals surface area contributed by atoms with Gasteiger partial charge >= 0.3 is 0 Å². The van der Waals surface area contributed by atoms with E-state index in [1.54, 1.807) is 57.2 Å². The number of hydrogen-bond donors (Lipinski definition) is 3. The average Bonchev–Trinajstić information content (AvgIpc) is 3.36. The normalized spacial score (nSPS) is 20.0. The fraction of sp³-hybridized carbons (Fsp3) is 0.400. The van der Waals surface area contributed by atoms with Crippen molar-refractivity contribution in [1.82, 2.24) is 9.62 Å². The summed E-state index contributed by atoms with van der Waals surface area (Å²) in [7, 11) is -1.95. The third-order valence-corrected chi connectivity index (χ3v) is 12.8. The molecule has 0 spiro atoms. The number of amides is 1. The van der Waals surface area contributed by atoms with Gasteiger partial charge in [0.25, 0.3) is 15.9 Å². The third kappa shape index (κ3) is 6.56. The van der Waals surface area contributed by atoms with Gasteiger partial charge in [0.15, 0.2) is 0 Å². The molecule has 11 heteroatoms. The SMILES string of the molecule is Cc1c(S(=O)(=O)N[C@@H]2c3cc(C(=O)Nc4ccccc4CN(C)C4CCCCC4)ccc3OC(C)(C)[C@H]2O)sc2ccc(Cl)cc12. The van der Waals surface area contributed by atoms with E-state index in [4.69, 9.17) is 16.3 Å². The van der Waals surface area contributed by atoms with Crippen molar-refractivity contribution in [3.63, 3.8) is 0 Å². The summed E-state index contributed by atoms with van der Waals surface area (Å²) >= 11 is 7.33. The lowest BCUT2D eigenvalue weighted by Gasteiger charge is -2.42. The Labute approximate surface area is 279 Å². The van der Waals surface area contributed by atoms with Crippen LogP contribution in [0.3, 0.4) is 0 Å². The predicted octanol–water partition coefficient (Wildman–Crippen LogP) is 7.43. The highest BCUT2D eigenvalue weighted by molar-refractivity contribution is 7.91. The molecule has 3 aromatic carbocycles. The lowest BCUT2D eigenvalue weighted by Crippen LogP contribution is -2.53. The fourth-order valence-corrected chi connectivity index (χ4v) is 9.77. The van der Waals surface area contributed by atoms with Crippen molar-refractivity contribution >= 4 is 54.6 Å². The summed E-state index contributed by atoms with van der Waals surface area (Å²) in [6.07, 6.45) is 4.92. The van der Waals surface area contributed by atoms with Gasteiger partial charge in [0.2, 0.25) is 0 Å². The number of aliphatic hydroxyl groups is 1. The van der Waals surface area contributed by atoms with Gasteiger partial charge in [-0.05, 0) is 99.6 Å². The summed E-state index contributed by atoms with van der Waals surface area (Å²) in [5.41, 5.74) is 1.93. The number of thiophene rings is 1. The maximum atomic E-state index is 13.9. The summed E-state index contributed by atoms with van der Waals surface area (Å²) in [4.78, 5) is 16.0. The lowest BCUT2D eigenvalue weighted by atomic mass is 9.86. The van der Waals surface area contributed by atoms with Crippen LogP contribution in [0.5, 0.6) is 5.75 Å². The van der Waals surface area contributed by atoms with Crippen molar-refractivity contribution in [2.45, 2.75) is 87.4 Å². The molecular weight excluding hydrogens is 642 g/mol. The molecule has 2 atom stereocenters. The molecule has 8 nitrogen and oxygen atoms in total. The molecule has 244 valence electrons. The first-order valence-corrected chi connectivity index (χ1v) is 18.3. The maximum absolute atomic E-state index is 13.9. The fourth-order valence-electron chi connectivity index (χ4n) is 6.61. The van der Waals surface area contributed by atoms with Crippen molar-refractivity contribution in [2.24, 2.45) is 0 Å². The number of carbonyl (C=O) groups excluding carboxylic acids is 1. The number of rotatable bonds is 8. The molecule has 4 aromatic rings. The largest absolute Gasteiger partial charge is 0.485 e. The summed E-state index contributed by atoms with van der Waals surface area (Å²) in [5, 5.41) is 15.8. The van der Waals surface area contributed by atoms with E-state index >= 15 is 0 Å². The zero-order valence-electron chi connectivity index (χ0n) is 26.5. The second kappa shape index (κ2) is 12.9. The second-order valence-electron chi connectivity index (χ2n) is 13.0. The Kier molecular flexibility index (Phi) is 9.23. The van der Waals surface area contributed by atoms with E-state index in [-0.39, 0.29) is 10.1 Å². The Hall–Kier alpha value is -2.99. The number of nitrogens with one attached hydrogen (secondary N) is 2. The van der Waals surface area contributed by atoms with Crippen molar-refractivity contribution in [3.8, 4) is 5.75 Å². The van der Waals surface area contributed by atoms with E-state index in [1.807, 2.05) is 24.3 Å². The van der Waals surface area contributed by atoms with Gasteiger partial charge < -0.3 is 15.2 Å². The zero-order valence-corrected chi connectivity index (χ0v) is 28.9. The van der Waals surface area contributed by atoms with E-state index < -0.39 is 27.8 Å². The number of benzene rings is 3. The predicted molar refractivity (Wildman–Crippen MR) is 185 cm³/mol. The van der Waals surface area contributed by atoms with Gasteiger partial charge in [-0.1, -0.05) is 49.1 Å². The van der Waals surface area contributed by atoms with E-state index in [2.05, 4.69) is 22.0 Å². The van der Waals surface area contributed by atoms with E-state index in [9.17, 15) is 18.3 Å². The van der Waals surface area contributed by atoms with Crippen LogP contribution in [0.15, 0.2) is 64.9 Å². The quantitative estimate of drug-likeness (QED) is 0.179. The number of nitrogens with zero attached hydrogens (tertiary/aromatic N) is 1. The Bertz CT molecular complexity index is 1880. The van der Waals surface area contributed by atoms with Gasteiger partial charge in [0.1, 0.15) is 21.7 Å². The molecule has 0 radical (unpaired) electrons. The Morgan fingerprint density at radius 1 is 1.09 bits per heavy atom. The molecule has 3 N–H and O–H groups in total. The minimum atomic E-state index is -4.09. The number of aryl methyl sites for hydroxylation is 1. The molecule has 46 heavy (non-hydrogen) atoms. The van der Waals surface area contributed by atoms with Crippen LogP contribution in [0.25, 0.3) is 10.1 Å². The molecule has 6 rings (SSSR count). The summed E-state index contributed by atoms with van der Waals surface area (Å²) in [6.45, 7) is 5.87. The summed E-state index contributed by atoms with van der Waals surface area (Å²) < 4.78 is 37.5. The molecule has 1 amide bonds. The number of sulfonamides is 1. The van der Waals surface area contributed by atoms with Crippen molar-refractivity contribution in [3.05, 3.63) is 87.9 Å². The molecule has 0 bridgehead atoms. The van der Waals surface area contributed by atoms with E-state index in [1.165, 1.54) is 32.1 Å². The van der Waals surface area contributed by atoms with E-state index in [0.717, 1.165) is 32.7 Å². The van der Waals surface area contributed by atoms with Crippen LogP contribution in [0.2, 0.25) is 5.02 Å². The molecule has 1 aliphatic carbocycles. The number of carbonyl (C=O) groups is 1. The molecule has 1 saturated carbocycles. The zero-order chi connectivity index (χ0) is 32.8. The summed E-state index contributed by atoms with van der Waals surface area (Å²) in [6, 6.07) is 17.5. The van der Waals surface area contributed by atoms with Gasteiger partial charge in [-0.15, -0.1) is 11.3 Å². The number of hydrogen-bond acceptors (Lipinski definition) is 7. The Balaban J connectivity index is 1.28. The number of fused-ring (bicyclic) bond motifs is 2. The van der Waals surface area contributed by atoms with Crippen LogP contribution in [0.4, 0.5) is 5.69 Å². The van der Waals surface area contributed by atoms with Crippen molar-refractivity contribution in [1.29, 1.82) is 0 Å². The average molecular weight is 682 g/mol. The van der Waals surface area contributed by atoms with E-state index in [0.29, 0.717) is 40.0 Å². The van der Waals surface area contributed by atoms with Crippen LogP contribution >= 0.6 is 22.9 Å². The molecule has 0 unspecified atom stereocenters. The first kappa shape index (κ1) is 32.9. The van der Waals surface area contributed by atoms with Crippen molar-refractivity contribution in [2.75, 3.05) is 12.4 Å². The Morgan fingerprint density at radius 2 is 1.83 bits per heavy atom. The van der Waals surface area contributed by atoms with Crippen LogP contribution in [0.1, 0.15) is 79.0 Å². The highest BCUT2D eigenvalue weighted by Gasteiger charge is 2.45. The smallest absolute Gasteiger partial charge is 0.255 e. The number of para-hydroxylation sites is 1. The van der Waals surface area contributed by atoms with Gasteiger partial charge in [0, 0.05) is 39.1 Å². The second-order valence-corrected chi connectivity index (χ2v) is 16.4. The van der Waals surface area contributed by atoms with Gasteiger partial charge in [-0.2, -0.15) is 0 Å². The van der Waals surface area contributed by atoms with Gasteiger partial charge in [-0.3, -0.25) is 9.69 Å². The van der Waals surface area contributed by atoms with Crippen LogP contribution in [0, 0.1) is 6.92 Å². The standard InChI is InChI=1S/C35H40ClN3O5S2/c1-21-26-19-24(36)15-17-30(26)45-34(21)46(42,43)38-31-27-18-22(14-16-29(27)44-35(2,3)32(31)40)33(41)37-28-13-9-8-10-23(28)20-39(4)25-11-6-5-7-12-25/h8-10,13-19,25,31-32,38,40H,5-7,11-12,20H2,1-4H3,(H,37,41)/t31-,32+/m1/s1. The lowest BCUT2D eigenvalue weighted by molar-refractivity contribution is -0.0603. The molecule has 0 saturated heterocycles. The topological polar surface area (TPSA) is 108 Å². The maximum Gasteiger partial charge on any atom is 0.255 e. The highest BCUT2D eigenvalue weighted by Crippen LogP contribution is 2.42. The molecule has 1 aromatic heterocycles. The molecular formula is C35H40ClN3O5S2. The van der Waals surface area contributed by atoms with Crippen LogP contribution in [-0.2, 0) is 16.6 Å². The number of ether oxygens (including phenoxy) is 1. The van der Waals surface area contributed by atoms with Crippen molar-refractivity contribution < 1.29 is 23.1 Å².